The van der Waals surface area contributed by atoms with Crippen molar-refractivity contribution >= 4 is 0 Å². The quantitative estimate of drug-likeness (QED) is 0.821. The molecular weight excluding hydrogens is 292 g/mol. The molecule has 2 aromatic rings. The van der Waals surface area contributed by atoms with Gasteiger partial charge in [0.25, 0.3) is 0 Å². The van der Waals surface area contributed by atoms with Crippen molar-refractivity contribution in [2.45, 2.75) is 19.4 Å². The molecule has 124 valence electrons. The van der Waals surface area contributed by atoms with Gasteiger partial charge in [-0.05, 0) is 12.0 Å². The van der Waals surface area contributed by atoms with Gasteiger partial charge in [0, 0.05) is 39.1 Å². The van der Waals surface area contributed by atoms with Crippen LogP contribution in [0.5, 0.6) is 0 Å². The van der Waals surface area contributed by atoms with Crippen LogP contribution >= 0.6 is 0 Å². The predicted molar refractivity (Wildman–Crippen MR) is 87.0 cm³/mol. The van der Waals surface area contributed by atoms with E-state index in [0.29, 0.717) is 12.4 Å². The number of hydrogen-bond donors (Lipinski definition) is 1. The lowest BCUT2D eigenvalue weighted by atomic mass is 10.1. The molecule has 0 spiro atoms. The molecule has 0 aliphatic carbocycles. The third-order valence-corrected chi connectivity index (χ3v) is 4.23. The van der Waals surface area contributed by atoms with Crippen molar-refractivity contribution in [1.29, 1.82) is 0 Å². The SMILES string of the molecule is OCCN1CCN(Cc2nc(CCc3ccccc3)no2)CC1. The molecule has 1 aromatic carbocycles. The highest BCUT2D eigenvalue weighted by atomic mass is 16.5. The van der Waals surface area contributed by atoms with E-state index in [2.05, 4.69) is 32.1 Å². The number of rotatable bonds is 7. The van der Waals surface area contributed by atoms with Crippen LogP contribution in [0, 0.1) is 0 Å². The summed E-state index contributed by atoms with van der Waals surface area (Å²) in [6.07, 6.45) is 1.73. The Morgan fingerprint density at radius 3 is 2.48 bits per heavy atom. The molecule has 0 amide bonds. The molecule has 0 bridgehead atoms. The molecule has 1 aromatic heterocycles. The Morgan fingerprint density at radius 2 is 1.74 bits per heavy atom. The Hall–Kier alpha value is -1.76. The molecule has 2 heterocycles. The molecule has 1 saturated heterocycles. The number of aryl methyl sites for hydroxylation is 2. The minimum Gasteiger partial charge on any atom is -0.395 e. The standard InChI is InChI=1S/C17H24N4O2/c22-13-12-20-8-10-21(11-9-20)14-17-18-16(19-23-17)7-6-15-4-2-1-3-5-15/h1-5,22H,6-14H2. The van der Waals surface area contributed by atoms with Crippen molar-refractivity contribution in [1.82, 2.24) is 19.9 Å². The summed E-state index contributed by atoms with van der Waals surface area (Å²) in [6.45, 7) is 5.62. The summed E-state index contributed by atoms with van der Waals surface area (Å²) >= 11 is 0. The van der Waals surface area contributed by atoms with Gasteiger partial charge in [-0.2, -0.15) is 4.98 Å². The predicted octanol–water partition coefficient (Wildman–Crippen LogP) is 0.965. The first-order valence-corrected chi connectivity index (χ1v) is 8.24. The minimum absolute atomic E-state index is 0.231. The third-order valence-electron chi connectivity index (χ3n) is 4.23. The molecule has 1 N–H and O–H groups in total. The van der Waals surface area contributed by atoms with Crippen molar-refractivity contribution in [3.8, 4) is 0 Å². The lowest BCUT2D eigenvalue weighted by Crippen LogP contribution is -2.46. The third kappa shape index (κ3) is 4.86. The summed E-state index contributed by atoms with van der Waals surface area (Å²) in [6, 6.07) is 10.4. The molecule has 1 aliphatic heterocycles. The number of piperazine rings is 1. The summed E-state index contributed by atoms with van der Waals surface area (Å²) in [5.41, 5.74) is 1.29. The summed E-state index contributed by atoms with van der Waals surface area (Å²) in [5, 5.41) is 13.1. The van der Waals surface area contributed by atoms with Crippen molar-refractivity contribution in [2.24, 2.45) is 0 Å². The zero-order chi connectivity index (χ0) is 15.9. The molecule has 1 fully saturated rings. The maximum atomic E-state index is 8.97. The lowest BCUT2D eigenvalue weighted by molar-refractivity contribution is 0.101. The first kappa shape index (κ1) is 16.1. The second-order valence-corrected chi connectivity index (χ2v) is 5.93. The molecule has 0 atom stereocenters. The van der Waals surface area contributed by atoms with Crippen LogP contribution in [0.3, 0.4) is 0 Å². The Kier molecular flexibility index (Phi) is 5.74. The average Bonchev–Trinajstić information content (AvgIpc) is 3.03. The second kappa shape index (κ2) is 8.19. The Labute approximate surface area is 136 Å². The van der Waals surface area contributed by atoms with Gasteiger partial charge >= 0.3 is 0 Å². The summed E-state index contributed by atoms with van der Waals surface area (Å²) < 4.78 is 5.37. The number of benzene rings is 1. The Morgan fingerprint density at radius 1 is 1.00 bits per heavy atom. The fourth-order valence-corrected chi connectivity index (χ4v) is 2.86. The number of aliphatic hydroxyl groups excluding tert-OH is 1. The second-order valence-electron chi connectivity index (χ2n) is 5.93. The van der Waals surface area contributed by atoms with E-state index in [-0.39, 0.29) is 6.61 Å². The van der Waals surface area contributed by atoms with Gasteiger partial charge in [-0.3, -0.25) is 9.80 Å². The van der Waals surface area contributed by atoms with Gasteiger partial charge in [-0.15, -0.1) is 0 Å². The fraction of sp³-hybridized carbons (Fsp3) is 0.529. The summed E-state index contributed by atoms with van der Waals surface area (Å²) in [4.78, 5) is 9.10. The Balaban J connectivity index is 1.44. The van der Waals surface area contributed by atoms with Gasteiger partial charge in [-0.25, -0.2) is 0 Å². The molecule has 0 unspecified atom stereocenters. The molecule has 0 saturated carbocycles. The van der Waals surface area contributed by atoms with E-state index in [4.69, 9.17) is 9.63 Å². The van der Waals surface area contributed by atoms with Crippen molar-refractivity contribution < 1.29 is 9.63 Å². The van der Waals surface area contributed by atoms with Gasteiger partial charge in [0.15, 0.2) is 5.82 Å². The first-order valence-electron chi connectivity index (χ1n) is 8.24. The van der Waals surface area contributed by atoms with Crippen LogP contribution in [0.15, 0.2) is 34.9 Å². The first-order chi connectivity index (χ1) is 11.3. The topological polar surface area (TPSA) is 65.6 Å². The largest absolute Gasteiger partial charge is 0.395 e. The monoisotopic (exact) mass is 316 g/mol. The molecule has 6 heteroatoms. The van der Waals surface area contributed by atoms with Gasteiger partial charge < -0.3 is 9.63 Å². The van der Waals surface area contributed by atoms with E-state index in [0.717, 1.165) is 51.4 Å². The van der Waals surface area contributed by atoms with Gasteiger partial charge in [0.05, 0.1) is 13.2 Å². The average molecular weight is 316 g/mol. The van der Waals surface area contributed by atoms with Crippen molar-refractivity contribution in [3.63, 3.8) is 0 Å². The van der Waals surface area contributed by atoms with Crippen LogP contribution in [-0.2, 0) is 19.4 Å². The molecule has 23 heavy (non-hydrogen) atoms. The van der Waals surface area contributed by atoms with Crippen molar-refractivity contribution in [3.05, 3.63) is 47.6 Å². The van der Waals surface area contributed by atoms with E-state index in [1.54, 1.807) is 0 Å². The highest BCUT2D eigenvalue weighted by Crippen LogP contribution is 2.09. The lowest BCUT2D eigenvalue weighted by Gasteiger charge is -2.33. The van der Waals surface area contributed by atoms with Crippen LogP contribution in [-0.4, -0.2) is 64.4 Å². The Bertz CT molecular complexity index is 579. The van der Waals surface area contributed by atoms with Gasteiger partial charge in [0.2, 0.25) is 5.89 Å². The number of aromatic nitrogens is 2. The number of β-amino-alcohol motifs (C(OH)–C–C–N with tert-alkyl or cyclic N) is 1. The maximum Gasteiger partial charge on any atom is 0.240 e. The molecule has 0 radical (unpaired) electrons. The highest BCUT2D eigenvalue weighted by molar-refractivity contribution is 5.15. The summed E-state index contributed by atoms with van der Waals surface area (Å²) in [7, 11) is 0. The van der Waals surface area contributed by atoms with E-state index in [1.165, 1.54) is 5.56 Å². The van der Waals surface area contributed by atoms with E-state index >= 15 is 0 Å². The van der Waals surface area contributed by atoms with Crippen molar-refractivity contribution in [2.75, 3.05) is 39.3 Å². The minimum atomic E-state index is 0.231. The van der Waals surface area contributed by atoms with E-state index < -0.39 is 0 Å². The zero-order valence-corrected chi connectivity index (χ0v) is 13.4. The van der Waals surface area contributed by atoms with Crippen LogP contribution in [0.25, 0.3) is 0 Å². The van der Waals surface area contributed by atoms with E-state index in [1.807, 2.05) is 18.2 Å². The van der Waals surface area contributed by atoms with Crippen LogP contribution < -0.4 is 0 Å². The number of aliphatic hydroxyl groups is 1. The van der Waals surface area contributed by atoms with Gasteiger partial charge in [0.1, 0.15) is 0 Å². The number of nitrogens with zero attached hydrogens (tertiary/aromatic N) is 4. The highest BCUT2D eigenvalue weighted by Gasteiger charge is 2.18. The molecule has 1 aliphatic rings. The van der Waals surface area contributed by atoms with Crippen LogP contribution in [0.2, 0.25) is 0 Å². The molecule has 6 nitrogen and oxygen atoms in total. The smallest absolute Gasteiger partial charge is 0.240 e. The molecular formula is C17H24N4O2. The summed E-state index contributed by atoms with van der Waals surface area (Å²) in [5.74, 6) is 1.48. The fourth-order valence-electron chi connectivity index (χ4n) is 2.86. The molecule has 3 rings (SSSR count). The maximum absolute atomic E-state index is 8.97. The normalized spacial score (nSPS) is 16.7. The van der Waals surface area contributed by atoms with E-state index in [9.17, 15) is 0 Å². The zero-order valence-electron chi connectivity index (χ0n) is 13.4. The van der Waals surface area contributed by atoms with Gasteiger partial charge in [-0.1, -0.05) is 35.5 Å². The van der Waals surface area contributed by atoms with Crippen LogP contribution in [0.4, 0.5) is 0 Å². The van der Waals surface area contributed by atoms with Crippen LogP contribution in [0.1, 0.15) is 17.3 Å². The number of hydrogen-bond acceptors (Lipinski definition) is 6.